The largest absolute Gasteiger partial charge is 0.301 e. The lowest BCUT2D eigenvalue weighted by Crippen LogP contribution is -2.62. The Morgan fingerprint density at radius 3 is 1.07 bits per heavy atom. The van der Waals surface area contributed by atoms with E-state index >= 15 is 0 Å². The number of allylic oxidation sites excluding steroid dienone is 4. The molecule has 3 rings (SSSR count). The van der Waals surface area contributed by atoms with Crippen LogP contribution in [0.1, 0.15) is 0 Å². The minimum absolute atomic E-state index is 0.419. The maximum Gasteiger partial charge on any atom is 0.0450 e. The van der Waals surface area contributed by atoms with E-state index < -0.39 is 0 Å². The summed E-state index contributed by atoms with van der Waals surface area (Å²) in [4.78, 5) is 0. The zero-order chi connectivity index (χ0) is 9.38. The fraction of sp³-hybridized carbons (Fsp3) is 0.333. The van der Waals surface area contributed by atoms with Crippen LogP contribution in [0.5, 0.6) is 0 Å². The second-order valence-corrected chi connectivity index (χ2v) is 3.98. The number of hydrogen-bond acceptors (Lipinski definition) is 2. The summed E-state index contributed by atoms with van der Waals surface area (Å²) in [5.41, 5.74) is 0. The summed E-state index contributed by atoms with van der Waals surface area (Å²) in [6.07, 6.45) is 17.4. The van der Waals surface area contributed by atoms with Gasteiger partial charge in [-0.15, -0.1) is 0 Å². The molecule has 0 aromatic carbocycles. The third-order valence-electron chi connectivity index (χ3n) is 3.04. The first-order chi connectivity index (χ1) is 6.93. The third-order valence-corrected chi connectivity index (χ3v) is 3.04. The Labute approximate surface area is 84.1 Å². The number of rotatable bonds is 0. The van der Waals surface area contributed by atoms with Crippen molar-refractivity contribution in [2.45, 2.75) is 24.2 Å². The van der Waals surface area contributed by atoms with Gasteiger partial charge in [0.25, 0.3) is 0 Å². The highest BCUT2D eigenvalue weighted by atomic mass is 15.1. The van der Waals surface area contributed by atoms with Crippen molar-refractivity contribution in [2.24, 2.45) is 0 Å². The molecule has 0 amide bonds. The van der Waals surface area contributed by atoms with Crippen molar-refractivity contribution >= 4 is 0 Å². The topological polar surface area (TPSA) is 24.1 Å². The first-order valence-corrected chi connectivity index (χ1v) is 5.15. The minimum Gasteiger partial charge on any atom is -0.301 e. The van der Waals surface area contributed by atoms with Gasteiger partial charge in [-0.05, 0) is 0 Å². The molecule has 3 aliphatic heterocycles. The molecule has 0 aliphatic carbocycles. The predicted octanol–water partition coefficient (Wildman–Crippen LogP) is 0.906. The van der Waals surface area contributed by atoms with Crippen LogP contribution in [0.2, 0.25) is 0 Å². The van der Waals surface area contributed by atoms with Crippen LogP contribution in [0, 0.1) is 0 Å². The lowest BCUT2D eigenvalue weighted by atomic mass is 9.98. The van der Waals surface area contributed by atoms with Crippen molar-refractivity contribution in [1.82, 2.24) is 10.6 Å². The Kier molecular flexibility index (Phi) is 1.89. The molecule has 1 saturated heterocycles. The molecular weight excluding hydrogens is 172 g/mol. The van der Waals surface area contributed by atoms with Gasteiger partial charge in [-0.1, -0.05) is 48.6 Å². The Balaban J connectivity index is 1.98. The van der Waals surface area contributed by atoms with Crippen LogP contribution in [-0.2, 0) is 0 Å². The zero-order valence-electron chi connectivity index (χ0n) is 7.93. The molecule has 3 heterocycles. The number of hydrogen-bond donors (Lipinski definition) is 2. The third kappa shape index (κ3) is 1.27. The fourth-order valence-corrected chi connectivity index (χ4v) is 2.30. The van der Waals surface area contributed by atoms with Gasteiger partial charge in [0.2, 0.25) is 0 Å². The second-order valence-electron chi connectivity index (χ2n) is 3.98. The molecule has 0 aromatic rings. The van der Waals surface area contributed by atoms with Gasteiger partial charge in [0.05, 0.1) is 0 Å². The predicted molar refractivity (Wildman–Crippen MR) is 58.0 cm³/mol. The highest BCUT2D eigenvalue weighted by molar-refractivity contribution is 5.29. The molecule has 1 fully saturated rings. The average molecular weight is 186 g/mol. The summed E-state index contributed by atoms with van der Waals surface area (Å²) in [7, 11) is 0. The summed E-state index contributed by atoms with van der Waals surface area (Å²) in [6, 6.07) is 1.68. The van der Waals surface area contributed by atoms with Crippen LogP contribution in [0.4, 0.5) is 0 Å². The summed E-state index contributed by atoms with van der Waals surface area (Å²) >= 11 is 0. The standard InChI is InChI=1S/C12H14N2/c1-2-6-10-12-8-4-3-7-11(14-12)9(5-1)13-10/h1-14H. The molecule has 2 heteroatoms. The van der Waals surface area contributed by atoms with Crippen LogP contribution < -0.4 is 10.6 Å². The Morgan fingerprint density at radius 1 is 0.500 bits per heavy atom. The molecule has 72 valence electrons. The Morgan fingerprint density at radius 2 is 0.786 bits per heavy atom. The van der Waals surface area contributed by atoms with Crippen LogP contribution >= 0.6 is 0 Å². The van der Waals surface area contributed by atoms with E-state index in [1.54, 1.807) is 0 Å². The van der Waals surface area contributed by atoms with E-state index in [2.05, 4.69) is 59.2 Å². The number of fused-ring (bicyclic) bond motifs is 6. The first-order valence-electron chi connectivity index (χ1n) is 5.15. The van der Waals surface area contributed by atoms with E-state index in [9.17, 15) is 0 Å². The van der Waals surface area contributed by atoms with Crippen LogP contribution in [-0.4, -0.2) is 24.2 Å². The van der Waals surface area contributed by atoms with E-state index in [1.807, 2.05) is 0 Å². The average Bonchev–Trinajstić information content (AvgIpc) is 2.50. The number of nitrogens with one attached hydrogen (secondary N) is 2. The zero-order valence-corrected chi connectivity index (χ0v) is 7.93. The minimum atomic E-state index is 0.419. The lowest BCUT2D eigenvalue weighted by molar-refractivity contribution is 0.325. The molecule has 2 nitrogen and oxygen atoms in total. The molecular formula is C12H14N2. The smallest absolute Gasteiger partial charge is 0.0450 e. The van der Waals surface area contributed by atoms with Gasteiger partial charge in [-0.3, -0.25) is 0 Å². The molecule has 4 unspecified atom stereocenters. The monoisotopic (exact) mass is 186 g/mol. The van der Waals surface area contributed by atoms with Crippen LogP contribution in [0.25, 0.3) is 0 Å². The molecule has 0 aromatic heterocycles. The van der Waals surface area contributed by atoms with Crippen molar-refractivity contribution in [3.05, 3.63) is 48.6 Å². The van der Waals surface area contributed by atoms with E-state index in [1.165, 1.54) is 0 Å². The molecule has 0 spiro atoms. The van der Waals surface area contributed by atoms with Crippen molar-refractivity contribution in [3.8, 4) is 0 Å². The van der Waals surface area contributed by atoms with Crippen LogP contribution in [0.3, 0.4) is 0 Å². The van der Waals surface area contributed by atoms with Crippen molar-refractivity contribution < 1.29 is 0 Å². The molecule has 2 N–H and O–H groups in total. The molecule has 0 saturated carbocycles. The number of piperazine rings is 1. The van der Waals surface area contributed by atoms with Gasteiger partial charge >= 0.3 is 0 Å². The highest BCUT2D eigenvalue weighted by Crippen LogP contribution is 2.17. The van der Waals surface area contributed by atoms with Crippen molar-refractivity contribution in [1.29, 1.82) is 0 Å². The summed E-state index contributed by atoms with van der Waals surface area (Å²) in [5.74, 6) is 0. The molecule has 4 bridgehead atoms. The molecule has 0 radical (unpaired) electrons. The van der Waals surface area contributed by atoms with Crippen LogP contribution in [0.15, 0.2) is 48.6 Å². The van der Waals surface area contributed by atoms with Gasteiger partial charge in [0.1, 0.15) is 0 Å². The van der Waals surface area contributed by atoms with Crippen molar-refractivity contribution in [2.75, 3.05) is 0 Å². The Bertz CT molecular complexity index is 272. The Hall–Kier alpha value is -1.12. The van der Waals surface area contributed by atoms with Gasteiger partial charge in [-0.2, -0.15) is 0 Å². The first kappa shape index (κ1) is 8.21. The van der Waals surface area contributed by atoms with E-state index in [0.29, 0.717) is 24.2 Å². The second kappa shape index (κ2) is 3.23. The maximum absolute atomic E-state index is 3.62. The highest BCUT2D eigenvalue weighted by Gasteiger charge is 2.32. The van der Waals surface area contributed by atoms with E-state index in [0.717, 1.165) is 0 Å². The van der Waals surface area contributed by atoms with Gasteiger partial charge < -0.3 is 10.6 Å². The van der Waals surface area contributed by atoms with Gasteiger partial charge in [-0.25, -0.2) is 0 Å². The van der Waals surface area contributed by atoms with E-state index in [4.69, 9.17) is 0 Å². The SMILES string of the molecule is C1=CC2NC(C=C1)C1C=CC=CC2N1. The summed E-state index contributed by atoms with van der Waals surface area (Å²) in [5, 5.41) is 7.24. The molecule has 4 atom stereocenters. The summed E-state index contributed by atoms with van der Waals surface area (Å²) in [6.45, 7) is 0. The molecule has 14 heavy (non-hydrogen) atoms. The fourth-order valence-electron chi connectivity index (χ4n) is 2.30. The van der Waals surface area contributed by atoms with Gasteiger partial charge in [0, 0.05) is 24.2 Å². The quantitative estimate of drug-likeness (QED) is 0.587. The molecule has 3 aliphatic rings. The summed E-state index contributed by atoms with van der Waals surface area (Å²) < 4.78 is 0. The maximum atomic E-state index is 3.62. The van der Waals surface area contributed by atoms with Gasteiger partial charge in [0.15, 0.2) is 0 Å². The lowest BCUT2D eigenvalue weighted by Gasteiger charge is -2.38. The van der Waals surface area contributed by atoms with E-state index in [-0.39, 0.29) is 0 Å². The van der Waals surface area contributed by atoms with Crippen molar-refractivity contribution in [3.63, 3.8) is 0 Å². The normalized spacial score (nSPS) is 43.4.